The van der Waals surface area contributed by atoms with Crippen LogP contribution in [-0.4, -0.2) is 18.0 Å². The van der Waals surface area contributed by atoms with Crippen LogP contribution in [0.25, 0.3) is 0 Å². The van der Waals surface area contributed by atoms with Crippen molar-refractivity contribution < 1.29 is 0 Å². The molecular weight excluding hydrogens is 256 g/mol. The van der Waals surface area contributed by atoms with Gasteiger partial charge in [0.2, 0.25) is 0 Å². The van der Waals surface area contributed by atoms with Gasteiger partial charge in [0.25, 0.3) is 0 Å². The van der Waals surface area contributed by atoms with Crippen LogP contribution in [0.4, 0.5) is 0 Å². The molecule has 108 valence electrons. The molecule has 0 amide bonds. The maximum Gasteiger partial charge on any atom is 0.0454 e. The van der Waals surface area contributed by atoms with Crippen molar-refractivity contribution in [3.8, 4) is 0 Å². The standard InChI is InChI=1S/C16H27ClN2/c1-12(2)9-19(10-13(3)4)11-15-6-5-14(8-18)7-16(15)17/h5-7,12-13H,8-11,18H2,1-4H3. The summed E-state index contributed by atoms with van der Waals surface area (Å²) < 4.78 is 0. The fraction of sp³-hybridized carbons (Fsp3) is 0.625. The van der Waals surface area contributed by atoms with E-state index in [1.165, 1.54) is 5.56 Å². The third kappa shape index (κ3) is 5.94. The molecule has 0 aliphatic carbocycles. The Morgan fingerprint density at radius 2 is 1.68 bits per heavy atom. The zero-order valence-corrected chi connectivity index (χ0v) is 13.4. The first-order valence-electron chi connectivity index (χ1n) is 7.12. The van der Waals surface area contributed by atoms with Gasteiger partial charge >= 0.3 is 0 Å². The van der Waals surface area contributed by atoms with Gasteiger partial charge in [-0.1, -0.05) is 51.4 Å². The molecule has 0 heterocycles. The van der Waals surface area contributed by atoms with Crippen molar-refractivity contribution in [3.63, 3.8) is 0 Å². The molecule has 2 N–H and O–H groups in total. The van der Waals surface area contributed by atoms with Gasteiger partial charge < -0.3 is 5.73 Å². The summed E-state index contributed by atoms with van der Waals surface area (Å²) in [7, 11) is 0. The lowest BCUT2D eigenvalue weighted by Gasteiger charge is -2.26. The fourth-order valence-electron chi connectivity index (χ4n) is 2.32. The Morgan fingerprint density at radius 3 is 2.11 bits per heavy atom. The zero-order valence-electron chi connectivity index (χ0n) is 12.6. The summed E-state index contributed by atoms with van der Waals surface area (Å²) in [5, 5.41) is 0.834. The lowest BCUT2D eigenvalue weighted by molar-refractivity contribution is 0.211. The van der Waals surface area contributed by atoms with Crippen LogP contribution >= 0.6 is 11.6 Å². The highest BCUT2D eigenvalue weighted by Gasteiger charge is 2.12. The largest absolute Gasteiger partial charge is 0.326 e. The summed E-state index contributed by atoms with van der Waals surface area (Å²) in [5.41, 5.74) is 7.92. The van der Waals surface area contributed by atoms with Gasteiger partial charge in [-0.2, -0.15) is 0 Å². The fourth-order valence-corrected chi connectivity index (χ4v) is 2.59. The van der Waals surface area contributed by atoms with Crippen LogP contribution in [0.5, 0.6) is 0 Å². The quantitative estimate of drug-likeness (QED) is 0.821. The van der Waals surface area contributed by atoms with Crippen molar-refractivity contribution in [2.75, 3.05) is 13.1 Å². The Labute approximate surface area is 122 Å². The SMILES string of the molecule is CC(C)CN(Cc1ccc(CN)cc1Cl)CC(C)C. The van der Waals surface area contributed by atoms with E-state index in [-0.39, 0.29) is 0 Å². The van der Waals surface area contributed by atoms with Gasteiger partial charge in [-0.3, -0.25) is 4.90 Å². The Morgan fingerprint density at radius 1 is 1.11 bits per heavy atom. The summed E-state index contributed by atoms with van der Waals surface area (Å²) in [5.74, 6) is 1.33. The van der Waals surface area contributed by atoms with Gasteiger partial charge in [0, 0.05) is 31.2 Å². The van der Waals surface area contributed by atoms with Crippen LogP contribution in [0.1, 0.15) is 38.8 Å². The van der Waals surface area contributed by atoms with Crippen molar-refractivity contribution in [1.82, 2.24) is 4.90 Å². The van der Waals surface area contributed by atoms with E-state index in [1.807, 2.05) is 6.07 Å². The molecule has 2 nitrogen and oxygen atoms in total. The van der Waals surface area contributed by atoms with Gasteiger partial charge in [0.1, 0.15) is 0 Å². The van der Waals surface area contributed by atoms with Gasteiger partial charge in [-0.25, -0.2) is 0 Å². The van der Waals surface area contributed by atoms with E-state index in [4.69, 9.17) is 17.3 Å². The first-order valence-corrected chi connectivity index (χ1v) is 7.49. The minimum atomic E-state index is 0.543. The van der Waals surface area contributed by atoms with Crippen LogP contribution in [0.2, 0.25) is 5.02 Å². The number of nitrogens with zero attached hydrogens (tertiary/aromatic N) is 1. The molecule has 1 aromatic carbocycles. The molecule has 1 aromatic rings. The minimum Gasteiger partial charge on any atom is -0.326 e. The molecule has 3 heteroatoms. The average molecular weight is 283 g/mol. The van der Waals surface area contributed by atoms with Gasteiger partial charge in [-0.15, -0.1) is 0 Å². The average Bonchev–Trinajstić information content (AvgIpc) is 2.30. The summed E-state index contributed by atoms with van der Waals surface area (Å²) >= 11 is 6.34. The monoisotopic (exact) mass is 282 g/mol. The zero-order chi connectivity index (χ0) is 14.4. The van der Waals surface area contributed by atoms with Crippen LogP contribution in [0.3, 0.4) is 0 Å². The highest BCUT2D eigenvalue weighted by atomic mass is 35.5. The second-order valence-electron chi connectivity index (χ2n) is 6.11. The van der Waals surface area contributed by atoms with Gasteiger partial charge in [0.15, 0.2) is 0 Å². The third-order valence-corrected chi connectivity index (χ3v) is 3.35. The molecule has 0 atom stereocenters. The number of nitrogens with two attached hydrogens (primary N) is 1. The smallest absolute Gasteiger partial charge is 0.0454 e. The molecule has 0 saturated heterocycles. The van der Waals surface area contributed by atoms with Crippen LogP contribution in [0, 0.1) is 11.8 Å². The summed E-state index contributed by atoms with van der Waals surface area (Å²) in [6.07, 6.45) is 0. The second kappa shape index (κ2) is 7.88. The molecule has 1 rings (SSSR count). The van der Waals surface area contributed by atoms with E-state index in [1.54, 1.807) is 0 Å². The van der Waals surface area contributed by atoms with E-state index in [0.29, 0.717) is 18.4 Å². The van der Waals surface area contributed by atoms with E-state index in [2.05, 4.69) is 44.7 Å². The molecule has 0 bridgehead atoms. The first-order chi connectivity index (χ1) is 8.92. The molecule has 0 spiro atoms. The summed E-state index contributed by atoms with van der Waals surface area (Å²) in [6.45, 7) is 12.7. The Kier molecular flexibility index (Phi) is 6.84. The van der Waals surface area contributed by atoms with Crippen molar-refractivity contribution >= 4 is 11.6 Å². The van der Waals surface area contributed by atoms with Crippen LogP contribution in [0.15, 0.2) is 18.2 Å². The molecule has 0 aliphatic rings. The van der Waals surface area contributed by atoms with E-state index < -0.39 is 0 Å². The highest BCUT2D eigenvalue weighted by molar-refractivity contribution is 6.31. The van der Waals surface area contributed by atoms with E-state index >= 15 is 0 Å². The molecule has 0 radical (unpaired) electrons. The molecule has 0 aliphatic heterocycles. The second-order valence-corrected chi connectivity index (χ2v) is 6.52. The minimum absolute atomic E-state index is 0.543. The number of hydrogen-bond donors (Lipinski definition) is 1. The lowest BCUT2D eigenvalue weighted by atomic mass is 10.1. The summed E-state index contributed by atoms with van der Waals surface area (Å²) in [4.78, 5) is 2.48. The molecular formula is C16H27ClN2. The maximum absolute atomic E-state index is 6.34. The van der Waals surface area contributed by atoms with Crippen molar-refractivity contribution in [3.05, 3.63) is 34.3 Å². The topological polar surface area (TPSA) is 29.3 Å². The van der Waals surface area contributed by atoms with E-state index in [9.17, 15) is 0 Å². The number of rotatable bonds is 7. The van der Waals surface area contributed by atoms with Crippen molar-refractivity contribution in [2.45, 2.75) is 40.8 Å². The lowest BCUT2D eigenvalue weighted by Crippen LogP contribution is -2.31. The number of hydrogen-bond acceptors (Lipinski definition) is 2. The predicted octanol–water partition coefficient (Wildman–Crippen LogP) is 3.91. The van der Waals surface area contributed by atoms with Gasteiger partial charge in [-0.05, 0) is 29.0 Å². The Bertz CT molecular complexity index is 378. The molecule has 0 unspecified atom stereocenters. The Hall–Kier alpha value is -0.570. The normalized spacial score (nSPS) is 11.8. The Balaban J connectivity index is 2.77. The van der Waals surface area contributed by atoms with Crippen LogP contribution in [-0.2, 0) is 13.1 Å². The molecule has 0 fully saturated rings. The molecule has 0 aromatic heterocycles. The number of benzene rings is 1. The van der Waals surface area contributed by atoms with Gasteiger partial charge in [0.05, 0.1) is 0 Å². The molecule has 0 saturated carbocycles. The number of halogens is 1. The third-order valence-electron chi connectivity index (χ3n) is 2.99. The molecule has 19 heavy (non-hydrogen) atoms. The first kappa shape index (κ1) is 16.5. The summed E-state index contributed by atoms with van der Waals surface area (Å²) in [6, 6.07) is 6.17. The van der Waals surface area contributed by atoms with Crippen LogP contribution < -0.4 is 5.73 Å². The van der Waals surface area contributed by atoms with E-state index in [0.717, 1.165) is 30.2 Å². The van der Waals surface area contributed by atoms with Crippen molar-refractivity contribution in [1.29, 1.82) is 0 Å². The van der Waals surface area contributed by atoms with Crippen molar-refractivity contribution in [2.24, 2.45) is 17.6 Å². The highest BCUT2D eigenvalue weighted by Crippen LogP contribution is 2.20. The maximum atomic E-state index is 6.34. The predicted molar refractivity (Wildman–Crippen MR) is 84.3 cm³/mol.